The van der Waals surface area contributed by atoms with Crippen LogP contribution in [0.1, 0.15) is 5.56 Å². The molecule has 0 aliphatic carbocycles. The lowest BCUT2D eigenvalue weighted by atomic mass is 10.2. The van der Waals surface area contributed by atoms with Crippen LogP contribution in [-0.4, -0.2) is 38.8 Å². The number of carbonyl (C=O) groups excluding carboxylic acids is 1. The standard InChI is InChI=1S/C18H15N5O6/c1-29-13-4-2-11(16(24)7-13)8-20-21-17(25)9-22-10-19-15-5-3-12(23(27)28)6-14(15)18(22)26/h2-8,10,24H,9H2,1H3,(H,21,25)/b20-8+. The van der Waals surface area contributed by atoms with Crippen molar-refractivity contribution in [3.63, 3.8) is 0 Å². The van der Waals surface area contributed by atoms with Gasteiger partial charge in [-0.3, -0.25) is 24.3 Å². The summed E-state index contributed by atoms with van der Waals surface area (Å²) in [7, 11) is 1.46. The number of nitro groups is 1. The van der Waals surface area contributed by atoms with E-state index in [0.717, 1.165) is 10.6 Å². The van der Waals surface area contributed by atoms with Crippen molar-refractivity contribution >= 4 is 28.7 Å². The number of rotatable bonds is 6. The molecule has 3 rings (SSSR count). The number of hydrogen-bond acceptors (Lipinski definition) is 8. The van der Waals surface area contributed by atoms with Crippen LogP contribution in [0.15, 0.2) is 52.6 Å². The Morgan fingerprint density at radius 1 is 1.38 bits per heavy atom. The molecule has 0 saturated heterocycles. The van der Waals surface area contributed by atoms with E-state index in [1.165, 1.54) is 37.9 Å². The SMILES string of the molecule is COc1ccc(/C=N/NC(=O)Cn2cnc3ccc([N+](=O)[O-])cc3c2=O)c(O)c1. The molecule has 0 atom stereocenters. The lowest BCUT2D eigenvalue weighted by Gasteiger charge is -2.06. The van der Waals surface area contributed by atoms with E-state index in [9.17, 15) is 24.8 Å². The van der Waals surface area contributed by atoms with Crippen LogP contribution in [0.5, 0.6) is 11.5 Å². The first kappa shape index (κ1) is 19.5. The van der Waals surface area contributed by atoms with Crippen LogP contribution in [0.4, 0.5) is 5.69 Å². The van der Waals surface area contributed by atoms with Crippen LogP contribution >= 0.6 is 0 Å². The zero-order valence-corrected chi connectivity index (χ0v) is 15.1. The van der Waals surface area contributed by atoms with Gasteiger partial charge in [-0.2, -0.15) is 5.10 Å². The largest absolute Gasteiger partial charge is 0.507 e. The summed E-state index contributed by atoms with van der Waals surface area (Å²) in [6.45, 7) is -0.392. The molecule has 29 heavy (non-hydrogen) atoms. The summed E-state index contributed by atoms with van der Waals surface area (Å²) >= 11 is 0. The molecule has 0 unspecified atom stereocenters. The number of aromatic hydroxyl groups is 1. The number of aromatic nitrogens is 2. The number of non-ortho nitro benzene ring substituents is 1. The van der Waals surface area contributed by atoms with Gasteiger partial charge in [0.25, 0.3) is 17.2 Å². The second kappa shape index (κ2) is 8.17. The number of hydrogen-bond donors (Lipinski definition) is 2. The second-order valence-electron chi connectivity index (χ2n) is 5.85. The molecular formula is C18H15N5O6. The van der Waals surface area contributed by atoms with Gasteiger partial charge in [0.2, 0.25) is 0 Å². The van der Waals surface area contributed by atoms with Gasteiger partial charge in [0.1, 0.15) is 18.0 Å². The molecule has 1 heterocycles. The average Bonchev–Trinajstić information content (AvgIpc) is 2.71. The number of hydrazone groups is 1. The van der Waals surface area contributed by atoms with Crippen molar-refractivity contribution in [3.8, 4) is 11.5 Å². The second-order valence-corrected chi connectivity index (χ2v) is 5.85. The van der Waals surface area contributed by atoms with Crippen molar-refractivity contribution in [1.82, 2.24) is 15.0 Å². The van der Waals surface area contributed by atoms with E-state index >= 15 is 0 Å². The number of benzene rings is 2. The van der Waals surface area contributed by atoms with E-state index < -0.39 is 22.9 Å². The molecule has 0 fully saturated rings. The molecule has 11 nitrogen and oxygen atoms in total. The number of nitrogens with zero attached hydrogens (tertiary/aromatic N) is 4. The van der Waals surface area contributed by atoms with E-state index in [1.54, 1.807) is 12.1 Å². The van der Waals surface area contributed by atoms with Gasteiger partial charge >= 0.3 is 0 Å². The van der Waals surface area contributed by atoms with Gasteiger partial charge in [0.15, 0.2) is 0 Å². The molecule has 148 valence electrons. The first-order chi connectivity index (χ1) is 13.9. The first-order valence-corrected chi connectivity index (χ1v) is 8.21. The number of phenols is 1. The predicted molar refractivity (Wildman–Crippen MR) is 103 cm³/mol. The highest BCUT2D eigenvalue weighted by Gasteiger charge is 2.12. The fourth-order valence-corrected chi connectivity index (χ4v) is 2.50. The third kappa shape index (κ3) is 4.35. The number of carbonyl (C=O) groups is 1. The van der Waals surface area contributed by atoms with Crippen LogP contribution in [0, 0.1) is 10.1 Å². The van der Waals surface area contributed by atoms with Crippen molar-refractivity contribution in [2.75, 3.05) is 7.11 Å². The Kier molecular flexibility index (Phi) is 5.49. The molecule has 0 aliphatic rings. The fraction of sp³-hybridized carbons (Fsp3) is 0.111. The number of fused-ring (bicyclic) bond motifs is 1. The van der Waals surface area contributed by atoms with Crippen LogP contribution in [0.3, 0.4) is 0 Å². The maximum absolute atomic E-state index is 12.5. The molecular weight excluding hydrogens is 382 g/mol. The average molecular weight is 397 g/mol. The lowest BCUT2D eigenvalue weighted by molar-refractivity contribution is -0.384. The van der Waals surface area contributed by atoms with Crippen LogP contribution in [0.2, 0.25) is 0 Å². The Hall–Kier alpha value is -4.28. The molecule has 0 bridgehead atoms. The van der Waals surface area contributed by atoms with Gasteiger partial charge in [-0.1, -0.05) is 0 Å². The van der Waals surface area contributed by atoms with E-state index in [0.29, 0.717) is 11.3 Å². The molecule has 0 radical (unpaired) electrons. The summed E-state index contributed by atoms with van der Waals surface area (Å²) in [5.41, 5.74) is 2.03. The Morgan fingerprint density at radius 3 is 2.86 bits per heavy atom. The number of ether oxygens (including phenoxy) is 1. The van der Waals surface area contributed by atoms with Crippen molar-refractivity contribution < 1.29 is 19.6 Å². The highest BCUT2D eigenvalue weighted by Crippen LogP contribution is 2.21. The Labute approximate surface area is 163 Å². The number of nitrogens with one attached hydrogen (secondary N) is 1. The molecule has 2 aromatic carbocycles. The molecule has 0 aliphatic heterocycles. The van der Waals surface area contributed by atoms with Crippen LogP contribution < -0.4 is 15.7 Å². The number of amides is 1. The van der Waals surface area contributed by atoms with Gasteiger partial charge in [-0.25, -0.2) is 10.4 Å². The molecule has 1 aromatic heterocycles. The Balaban J connectivity index is 1.73. The molecule has 0 spiro atoms. The minimum absolute atomic E-state index is 0.0288. The fourth-order valence-electron chi connectivity index (χ4n) is 2.50. The smallest absolute Gasteiger partial charge is 0.270 e. The maximum Gasteiger partial charge on any atom is 0.270 e. The summed E-state index contributed by atoms with van der Waals surface area (Å²) in [6, 6.07) is 8.28. The molecule has 1 amide bonds. The molecule has 2 N–H and O–H groups in total. The van der Waals surface area contributed by atoms with E-state index in [2.05, 4.69) is 15.5 Å². The van der Waals surface area contributed by atoms with Gasteiger partial charge in [-0.15, -0.1) is 0 Å². The normalized spacial score (nSPS) is 10.9. The lowest BCUT2D eigenvalue weighted by Crippen LogP contribution is -2.30. The summed E-state index contributed by atoms with van der Waals surface area (Å²) < 4.78 is 5.99. The molecule has 11 heteroatoms. The van der Waals surface area contributed by atoms with E-state index in [1.807, 2.05) is 0 Å². The zero-order valence-electron chi connectivity index (χ0n) is 15.1. The predicted octanol–water partition coefficient (Wildman–Crippen LogP) is 1.17. The summed E-state index contributed by atoms with van der Waals surface area (Å²) in [5.74, 6) is -0.242. The van der Waals surface area contributed by atoms with Crippen molar-refractivity contribution in [3.05, 3.63) is 68.8 Å². The summed E-state index contributed by atoms with van der Waals surface area (Å²) in [4.78, 5) is 38.8. The van der Waals surface area contributed by atoms with Crippen LogP contribution in [-0.2, 0) is 11.3 Å². The highest BCUT2D eigenvalue weighted by atomic mass is 16.6. The van der Waals surface area contributed by atoms with Crippen molar-refractivity contribution in [2.45, 2.75) is 6.54 Å². The topological polar surface area (TPSA) is 149 Å². The van der Waals surface area contributed by atoms with Gasteiger partial charge in [0.05, 0.1) is 35.5 Å². The third-order valence-corrected chi connectivity index (χ3v) is 3.96. The van der Waals surface area contributed by atoms with Crippen molar-refractivity contribution in [2.24, 2.45) is 5.10 Å². The molecule has 0 saturated carbocycles. The number of nitro benzene ring substituents is 1. The Morgan fingerprint density at radius 2 is 2.17 bits per heavy atom. The highest BCUT2D eigenvalue weighted by molar-refractivity contribution is 5.85. The zero-order chi connectivity index (χ0) is 21.0. The minimum Gasteiger partial charge on any atom is -0.507 e. The molecule has 3 aromatic rings. The maximum atomic E-state index is 12.5. The third-order valence-electron chi connectivity index (χ3n) is 3.96. The van der Waals surface area contributed by atoms with Crippen LogP contribution in [0.25, 0.3) is 10.9 Å². The van der Waals surface area contributed by atoms with Gasteiger partial charge < -0.3 is 9.84 Å². The number of methoxy groups -OCH3 is 1. The van der Waals surface area contributed by atoms with Gasteiger partial charge in [-0.05, 0) is 18.2 Å². The van der Waals surface area contributed by atoms with E-state index in [-0.39, 0.29) is 22.3 Å². The number of phenolic OH excluding ortho intramolecular Hbond substituents is 1. The summed E-state index contributed by atoms with van der Waals surface area (Å²) in [6.07, 6.45) is 2.41. The Bertz CT molecular complexity index is 1190. The first-order valence-electron chi connectivity index (χ1n) is 8.21. The monoisotopic (exact) mass is 397 g/mol. The minimum atomic E-state index is -0.622. The van der Waals surface area contributed by atoms with E-state index in [4.69, 9.17) is 4.74 Å². The van der Waals surface area contributed by atoms with Crippen molar-refractivity contribution in [1.29, 1.82) is 0 Å². The van der Waals surface area contributed by atoms with Gasteiger partial charge in [0, 0.05) is 23.8 Å². The quantitative estimate of drug-likeness (QED) is 0.360. The summed E-state index contributed by atoms with van der Waals surface area (Å²) in [5, 5.41) is 24.5.